The smallest absolute Gasteiger partial charge is 0.193 e. The first-order valence-corrected chi connectivity index (χ1v) is 12.1. The monoisotopic (exact) mass is 412 g/mol. The highest BCUT2D eigenvalue weighted by atomic mass is 16.5. The van der Waals surface area contributed by atoms with Crippen LogP contribution in [0, 0.1) is 18.8 Å². The molecule has 0 aliphatic carbocycles. The summed E-state index contributed by atoms with van der Waals surface area (Å²) < 4.78 is 6.21. The second-order valence-corrected chi connectivity index (χ2v) is 9.49. The van der Waals surface area contributed by atoms with Gasteiger partial charge in [0.2, 0.25) is 0 Å². The number of hydrogen-bond donors (Lipinski definition) is 1. The van der Waals surface area contributed by atoms with E-state index in [4.69, 9.17) is 4.74 Å². The minimum Gasteiger partial charge on any atom is -0.373 e. The molecule has 0 saturated carbocycles. The zero-order valence-electron chi connectivity index (χ0n) is 19.0. The highest BCUT2D eigenvalue weighted by Gasteiger charge is 2.30. The maximum absolute atomic E-state index is 6.21. The number of piperidine rings is 1. The summed E-state index contributed by atoms with van der Waals surface area (Å²) in [5.74, 6) is 2.34. The van der Waals surface area contributed by atoms with Gasteiger partial charge in [-0.05, 0) is 63.6 Å². The molecule has 5 nitrogen and oxygen atoms in total. The Morgan fingerprint density at radius 3 is 2.63 bits per heavy atom. The summed E-state index contributed by atoms with van der Waals surface area (Å²) in [6.45, 7) is 10.1. The lowest BCUT2D eigenvalue weighted by Crippen LogP contribution is -2.44. The van der Waals surface area contributed by atoms with E-state index >= 15 is 0 Å². The summed E-state index contributed by atoms with van der Waals surface area (Å²) in [4.78, 5) is 9.77. The highest BCUT2D eigenvalue weighted by molar-refractivity contribution is 5.80. The molecule has 1 N–H and O–H groups in total. The molecule has 0 radical (unpaired) electrons. The van der Waals surface area contributed by atoms with Gasteiger partial charge in [0.15, 0.2) is 5.96 Å². The van der Waals surface area contributed by atoms with Gasteiger partial charge in [0.25, 0.3) is 0 Å². The molecule has 4 rings (SSSR count). The topological polar surface area (TPSA) is 40.1 Å². The fourth-order valence-electron chi connectivity index (χ4n) is 5.41. The predicted molar refractivity (Wildman–Crippen MR) is 124 cm³/mol. The second-order valence-electron chi connectivity index (χ2n) is 9.49. The van der Waals surface area contributed by atoms with Gasteiger partial charge in [0.05, 0.1) is 6.10 Å². The van der Waals surface area contributed by atoms with E-state index in [1.807, 2.05) is 7.05 Å². The van der Waals surface area contributed by atoms with Crippen molar-refractivity contribution in [2.45, 2.75) is 51.6 Å². The molecular weight excluding hydrogens is 372 g/mol. The lowest BCUT2D eigenvalue weighted by atomic mass is 9.89. The van der Waals surface area contributed by atoms with E-state index in [1.54, 1.807) is 0 Å². The minimum absolute atomic E-state index is 0.190. The maximum Gasteiger partial charge on any atom is 0.193 e. The Balaban J connectivity index is 1.29. The van der Waals surface area contributed by atoms with Crippen LogP contribution in [0.15, 0.2) is 29.3 Å². The van der Waals surface area contributed by atoms with Crippen LogP contribution in [0.2, 0.25) is 0 Å². The van der Waals surface area contributed by atoms with E-state index < -0.39 is 0 Å². The number of guanidine groups is 1. The number of benzene rings is 1. The standard InChI is InChI=1S/C25H40N4O/c1-20-8-10-22(11-9-20)24-23(7-6-16-30-24)17-27-25(26-2)29-15-12-21(19-29)18-28-13-4-3-5-14-28/h8-11,21,23-24H,3-7,12-19H2,1-2H3,(H,26,27). The van der Waals surface area contributed by atoms with Gasteiger partial charge in [-0.15, -0.1) is 0 Å². The van der Waals surface area contributed by atoms with Crippen molar-refractivity contribution >= 4 is 5.96 Å². The van der Waals surface area contributed by atoms with Crippen LogP contribution in [0.5, 0.6) is 0 Å². The Kier molecular flexibility index (Phi) is 7.67. The molecule has 0 amide bonds. The van der Waals surface area contributed by atoms with Crippen LogP contribution in [-0.2, 0) is 4.74 Å². The zero-order chi connectivity index (χ0) is 20.8. The molecule has 3 heterocycles. The summed E-state index contributed by atoms with van der Waals surface area (Å²) in [5, 5.41) is 3.70. The Bertz CT molecular complexity index is 683. The molecule has 30 heavy (non-hydrogen) atoms. The molecule has 0 aromatic heterocycles. The van der Waals surface area contributed by atoms with E-state index in [-0.39, 0.29) is 6.10 Å². The Morgan fingerprint density at radius 2 is 1.87 bits per heavy atom. The zero-order valence-corrected chi connectivity index (χ0v) is 19.0. The van der Waals surface area contributed by atoms with Gasteiger partial charge in [-0.3, -0.25) is 4.99 Å². The van der Waals surface area contributed by atoms with Crippen molar-refractivity contribution in [2.75, 3.05) is 52.9 Å². The van der Waals surface area contributed by atoms with E-state index in [1.165, 1.54) is 62.9 Å². The van der Waals surface area contributed by atoms with Crippen molar-refractivity contribution < 1.29 is 4.74 Å². The first-order chi connectivity index (χ1) is 14.7. The molecule has 0 spiro atoms. The van der Waals surface area contributed by atoms with Crippen molar-refractivity contribution in [1.82, 2.24) is 15.1 Å². The van der Waals surface area contributed by atoms with Crippen molar-refractivity contribution in [1.29, 1.82) is 0 Å². The Hall–Kier alpha value is -1.59. The predicted octanol–water partition coefficient (Wildman–Crippen LogP) is 3.85. The van der Waals surface area contributed by atoms with Gasteiger partial charge in [0.1, 0.15) is 0 Å². The van der Waals surface area contributed by atoms with E-state index in [0.717, 1.165) is 44.5 Å². The summed E-state index contributed by atoms with van der Waals surface area (Å²) >= 11 is 0. The molecule has 3 unspecified atom stereocenters. The number of aliphatic imine (C=N–C) groups is 1. The van der Waals surface area contributed by atoms with Crippen LogP contribution in [0.3, 0.4) is 0 Å². The molecule has 3 aliphatic rings. The molecule has 3 atom stereocenters. The molecule has 5 heteroatoms. The van der Waals surface area contributed by atoms with Crippen LogP contribution < -0.4 is 5.32 Å². The number of rotatable bonds is 5. The van der Waals surface area contributed by atoms with Crippen molar-refractivity contribution in [3.05, 3.63) is 35.4 Å². The lowest BCUT2D eigenvalue weighted by Gasteiger charge is -2.33. The van der Waals surface area contributed by atoms with E-state index in [0.29, 0.717) is 5.92 Å². The third kappa shape index (κ3) is 5.55. The lowest BCUT2D eigenvalue weighted by molar-refractivity contribution is -0.0266. The second kappa shape index (κ2) is 10.6. The molecule has 3 saturated heterocycles. The summed E-state index contributed by atoms with van der Waals surface area (Å²) in [6.07, 6.45) is 8.01. The molecule has 0 bridgehead atoms. The number of likely N-dealkylation sites (tertiary alicyclic amines) is 2. The fourth-order valence-corrected chi connectivity index (χ4v) is 5.41. The van der Waals surface area contributed by atoms with Crippen LogP contribution in [-0.4, -0.2) is 68.7 Å². The van der Waals surface area contributed by atoms with Gasteiger partial charge in [0, 0.05) is 45.8 Å². The molecule has 166 valence electrons. The summed E-state index contributed by atoms with van der Waals surface area (Å²) in [5.41, 5.74) is 2.61. The van der Waals surface area contributed by atoms with Gasteiger partial charge in [-0.2, -0.15) is 0 Å². The molecule has 1 aromatic carbocycles. The van der Waals surface area contributed by atoms with E-state index in [9.17, 15) is 0 Å². The van der Waals surface area contributed by atoms with Gasteiger partial charge in [-0.1, -0.05) is 36.2 Å². The quantitative estimate of drug-likeness (QED) is 0.589. The van der Waals surface area contributed by atoms with Crippen LogP contribution in [0.1, 0.15) is 55.8 Å². The summed E-state index contributed by atoms with van der Waals surface area (Å²) in [6, 6.07) is 8.87. The first kappa shape index (κ1) is 21.6. The maximum atomic E-state index is 6.21. The highest BCUT2D eigenvalue weighted by Crippen LogP contribution is 2.33. The molecule has 3 aliphatic heterocycles. The number of aryl methyl sites for hydroxylation is 1. The van der Waals surface area contributed by atoms with Crippen LogP contribution >= 0.6 is 0 Å². The first-order valence-electron chi connectivity index (χ1n) is 12.1. The Labute approximate surface area is 182 Å². The van der Waals surface area contributed by atoms with Gasteiger partial charge < -0.3 is 19.9 Å². The van der Waals surface area contributed by atoms with Crippen LogP contribution in [0.25, 0.3) is 0 Å². The summed E-state index contributed by atoms with van der Waals surface area (Å²) in [7, 11) is 1.93. The molecular formula is C25H40N4O. The SMILES string of the molecule is CN=C(NCC1CCCOC1c1ccc(C)cc1)N1CCC(CN2CCCCC2)C1. The van der Waals surface area contributed by atoms with Crippen LogP contribution in [0.4, 0.5) is 0 Å². The van der Waals surface area contributed by atoms with Gasteiger partial charge >= 0.3 is 0 Å². The number of ether oxygens (including phenoxy) is 1. The number of nitrogens with zero attached hydrogens (tertiary/aromatic N) is 3. The fraction of sp³-hybridized carbons (Fsp3) is 0.720. The largest absolute Gasteiger partial charge is 0.373 e. The number of hydrogen-bond acceptors (Lipinski definition) is 3. The number of nitrogens with one attached hydrogen (secondary N) is 1. The van der Waals surface area contributed by atoms with E-state index in [2.05, 4.69) is 51.3 Å². The molecule has 1 aromatic rings. The van der Waals surface area contributed by atoms with Gasteiger partial charge in [-0.25, -0.2) is 0 Å². The van der Waals surface area contributed by atoms with Crippen molar-refractivity contribution in [2.24, 2.45) is 16.8 Å². The Morgan fingerprint density at radius 1 is 1.07 bits per heavy atom. The molecule has 3 fully saturated rings. The third-order valence-electron chi connectivity index (χ3n) is 7.14. The third-order valence-corrected chi connectivity index (χ3v) is 7.14. The van der Waals surface area contributed by atoms with Crippen molar-refractivity contribution in [3.63, 3.8) is 0 Å². The normalized spacial score (nSPS) is 28.7. The average molecular weight is 413 g/mol. The average Bonchev–Trinajstić information content (AvgIpc) is 3.24. The van der Waals surface area contributed by atoms with Crippen molar-refractivity contribution in [3.8, 4) is 0 Å². The minimum atomic E-state index is 0.190.